The molecule has 1 atom stereocenters. The first-order valence-electron chi connectivity index (χ1n) is 5.87. The van der Waals surface area contributed by atoms with E-state index in [4.69, 9.17) is 9.84 Å². The number of fused-ring (bicyclic) bond motifs is 1. The molecule has 18 heavy (non-hydrogen) atoms. The monoisotopic (exact) mass is 247 g/mol. The number of aromatic nitrogens is 1. The SMILES string of the molecule is COc1ccc2c(CC(C)C(=O)O)cn(C)c2c1. The van der Waals surface area contributed by atoms with Crippen molar-refractivity contribution in [2.24, 2.45) is 13.0 Å². The number of nitrogens with zero attached hydrogens (tertiary/aromatic N) is 1. The first-order valence-corrected chi connectivity index (χ1v) is 5.87. The molecule has 1 N–H and O–H groups in total. The van der Waals surface area contributed by atoms with E-state index in [1.165, 1.54) is 0 Å². The third-order valence-corrected chi connectivity index (χ3v) is 3.23. The van der Waals surface area contributed by atoms with Gasteiger partial charge in [-0.1, -0.05) is 6.92 Å². The van der Waals surface area contributed by atoms with Gasteiger partial charge < -0.3 is 14.4 Å². The Morgan fingerprint density at radius 3 is 2.83 bits per heavy atom. The molecular formula is C14H17NO3. The van der Waals surface area contributed by atoms with Crippen molar-refractivity contribution in [3.8, 4) is 5.75 Å². The summed E-state index contributed by atoms with van der Waals surface area (Å²) < 4.78 is 7.20. The summed E-state index contributed by atoms with van der Waals surface area (Å²) in [4.78, 5) is 10.9. The summed E-state index contributed by atoms with van der Waals surface area (Å²) in [6.45, 7) is 1.73. The van der Waals surface area contributed by atoms with Crippen LogP contribution in [0.3, 0.4) is 0 Å². The average molecular weight is 247 g/mol. The number of aliphatic carboxylic acids is 1. The van der Waals surface area contributed by atoms with Crippen molar-refractivity contribution in [3.05, 3.63) is 30.0 Å². The maximum Gasteiger partial charge on any atom is 0.306 e. The van der Waals surface area contributed by atoms with E-state index in [2.05, 4.69) is 0 Å². The van der Waals surface area contributed by atoms with Crippen LogP contribution < -0.4 is 4.74 Å². The summed E-state index contributed by atoms with van der Waals surface area (Å²) in [5.74, 6) is -0.334. The van der Waals surface area contributed by atoms with Crippen molar-refractivity contribution in [1.82, 2.24) is 4.57 Å². The minimum absolute atomic E-state index is 0.377. The molecule has 0 aliphatic heterocycles. The molecule has 0 bridgehead atoms. The first-order chi connectivity index (χ1) is 8.52. The summed E-state index contributed by atoms with van der Waals surface area (Å²) in [7, 11) is 3.59. The van der Waals surface area contributed by atoms with Crippen molar-refractivity contribution in [2.75, 3.05) is 7.11 Å². The van der Waals surface area contributed by atoms with Crippen LogP contribution in [0.2, 0.25) is 0 Å². The molecular weight excluding hydrogens is 230 g/mol. The standard InChI is InChI=1S/C14H17NO3/c1-9(14(16)17)6-10-8-15(2)13-7-11(18-3)4-5-12(10)13/h4-5,7-9H,6H2,1-3H3,(H,16,17). The fourth-order valence-corrected chi connectivity index (χ4v) is 2.15. The third-order valence-electron chi connectivity index (χ3n) is 3.23. The van der Waals surface area contributed by atoms with Gasteiger partial charge in [0.15, 0.2) is 0 Å². The van der Waals surface area contributed by atoms with E-state index in [1.54, 1.807) is 14.0 Å². The number of aryl methyl sites for hydroxylation is 1. The van der Waals surface area contributed by atoms with E-state index < -0.39 is 5.97 Å². The lowest BCUT2D eigenvalue weighted by atomic mass is 10.0. The van der Waals surface area contributed by atoms with Crippen LogP contribution in [-0.4, -0.2) is 22.8 Å². The number of methoxy groups -OCH3 is 1. The maximum absolute atomic E-state index is 10.9. The van der Waals surface area contributed by atoms with Crippen LogP contribution in [0.5, 0.6) is 5.75 Å². The second kappa shape index (κ2) is 4.72. The van der Waals surface area contributed by atoms with Crippen LogP contribution in [0, 0.1) is 5.92 Å². The van der Waals surface area contributed by atoms with E-state index in [9.17, 15) is 4.79 Å². The summed E-state index contributed by atoms with van der Waals surface area (Å²) >= 11 is 0. The highest BCUT2D eigenvalue weighted by Crippen LogP contribution is 2.26. The lowest BCUT2D eigenvalue weighted by Gasteiger charge is -2.05. The van der Waals surface area contributed by atoms with E-state index in [-0.39, 0.29) is 5.92 Å². The van der Waals surface area contributed by atoms with Crippen molar-refractivity contribution in [2.45, 2.75) is 13.3 Å². The molecule has 0 amide bonds. The van der Waals surface area contributed by atoms with Crippen LogP contribution in [0.4, 0.5) is 0 Å². The van der Waals surface area contributed by atoms with E-state index in [1.807, 2.05) is 36.0 Å². The lowest BCUT2D eigenvalue weighted by Crippen LogP contribution is -2.11. The molecule has 0 saturated heterocycles. The zero-order valence-electron chi connectivity index (χ0n) is 10.8. The van der Waals surface area contributed by atoms with Gasteiger partial charge in [-0.15, -0.1) is 0 Å². The minimum atomic E-state index is -0.763. The molecule has 4 nitrogen and oxygen atoms in total. The van der Waals surface area contributed by atoms with Crippen LogP contribution in [-0.2, 0) is 18.3 Å². The zero-order valence-corrected chi connectivity index (χ0v) is 10.8. The lowest BCUT2D eigenvalue weighted by molar-refractivity contribution is -0.141. The van der Waals surface area contributed by atoms with Gasteiger partial charge in [0.1, 0.15) is 5.75 Å². The molecule has 1 heterocycles. The molecule has 2 rings (SSSR count). The second-order valence-corrected chi connectivity index (χ2v) is 4.59. The zero-order chi connectivity index (χ0) is 13.3. The molecule has 96 valence electrons. The number of ether oxygens (including phenoxy) is 1. The van der Waals surface area contributed by atoms with Crippen LogP contribution in [0.1, 0.15) is 12.5 Å². The Hall–Kier alpha value is -1.97. The molecule has 1 unspecified atom stereocenters. The molecule has 0 saturated carbocycles. The normalized spacial score (nSPS) is 12.6. The fraction of sp³-hybridized carbons (Fsp3) is 0.357. The van der Waals surface area contributed by atoms with Gasteiger partial charge in [0, 0.05) is 24.7 Å². The van der Waals surface area contributed by atoms with Crippen molar-refractivity contribution in [1.29, 1.82) is 0 Å². The first kappa shape index (κ1) is 12.5. The van der Waals surface area contributed by atoms with E-state index in [0.29, 0.717) is 6.42 Å². The Bertz CT molecular complexity index is 586. The maximum atomic E-state index is 10.9. The van der Waals surface area contributed by atoms with E-state index in [0.717, 1.165) is 22.2 Å². The van der Waals surface area contributed by atoms with Crippen LogP contribution in [0.25, 0.3) is 10.9 Å². The van der Waals surface area contributed by atoms with Gasteiger partial charge in [-0.3, -0.25) is 4.79 Å². The van der Waals surface area contributed by atoms with Crippen molar-refractivity contribution in [3.63, 3.8) is 0 Å². The molecule has 0 spiro atoms. The third kappa shape index (κ3) is 2.18. The Morgan fingerprint density at radius 2 is 2.22 bits per heavy atom. The van der Waals surface area contributed by atoms with Crippen LogP contribution in [0.15, 0.2) is 24.4 Å². The highest BCUT2D eigenvalue weighted by molar-refractivity contribution is 5.85. The fourth-order valence-electron chi connectivity index (χ4n) is 2.15. The van der Waals surface area contributed by atoms with Crippen molar-refractivity contribution >= 4 is 16.9 Å². The predicted molar refractivity (Wildman–Crippen MR) is 70.0 cm³/mol. The number of carboxylic acids is 1. The topological polar surface area (TPSA) is 51.5 Å². The molecule has 0 aliphatic carbocycles. The second-order valence-electron chi connectivity index (χ2n) is 4.59. The number of benzene rings is 1. The molecule has 1 aromatic carbocycles. The number of hydrogen-bond acceptors (Lipinski definition) is 2. The minimum Gasteiger partial charge on any atom is -0.497 e. The quantitative estimate of drug-likeness (QED) is 0.902. The molecule has 0 fully saturated rings. The average Bonchev–Trinajstić information content (AvgIpc) is 2.65. The highest BCUT2D eigenvalue weighted by atomic mass is 16.5. The predicted octanol–water partition coefficient (Wildman–Crippen LogP) is 2.45. The Morgan fingerprint density at radius 1 is 1.50 bits per heavy atom. The van der Waals surface area contributed by atoms with Gasteiger partial charge >= 0.3 is 5.97 Å². The Labute approximate surface area is 106 Å². The van der Waals surface area contributed by atoms with Crippen LogP contribution >= 0.6 is 0 Å². The number of carbonyl (C=O) groups is 1. The summed E-state index contributed by atoms with van der Waals surface area (Å²) in [5, 5.41) is 10.1. The largest absolute Gasteiger partial charge is 0.497 e. The Balaban J connectivity index is 2.44. The number of rotatable bonds is 4. The molecule has 4 heteroatoms. The molecule has 1 aromatic heterocycles. The molecule has 2 aromatic rings. The van der Waals surface area contributed by atoms with Gasteiger partial charge in [-0.05, 0) is 24.1 Å². The van der Waals surface area contributed by atoms with E-state index >= 15 is 0 Å². The summed E-state index contributed by atoms with van der Waals surface area (Å²) in [6.07, 6.45) is 2.53. The number of hydrogen-bond donors (Lipinski definition) is 1. The van der Waals surface area contributed by atoms with Gasteiger partial charge in [0.25, 0.3) is 0 Å². The Kier molecular flexibility index (Phi) is 3.28. The van der Waals surface area contributed by atoms with Gasteiger partial charge in [-0.2, -0.15) is 0 Å². The van der Waals surface area contributed by atoms with Crippen molar-refractivity contribution < 1.29 is 14.6 Å². The number of carboxylic acid groups (broad SMARTS) is 1. The molecule has 0 radical (unpaired) electrons. The molecule has 0 aliphatic rings. The van der Waals surface area contributed by atoms with Gasteiger partial charge in [0.05, 0.1) is 18.5 Å². The summed E-state index contributed by atoms with van der Waals surface area (Å²) in [6, 6.07) is 5.85. The van der Waals surface area contributed by atoms with Gasteiger partial charge in [-0.25, -0.2) is 0 Å². The summed E-state index contributed by atoms with van der Waals surface area (Å²) in [5.41, 5.74) is 2.12. The van der Waals surface area contributed by atoms with Gasteiger partial charge in [0.2, 0.25) is 0 Å². The highest BCUT2D eigenvalue weighted by Gasteiger charge is 2.15. The smallest absolute Gasteiger partial charge is 0.306 e.